The van der Waals surface area contributed by atoms with Gasteiger partial charge in [-0.15, -0.1) is 0 Å². The van der Waals surface area contributed by atoms with Gasteiger partial charge in [0, 0.05) is 133 Å². The van der Waals surface area contributed by atoms with E-state index in [1.807, 2.05) is 40.7 Å². The van der Waals surface area contributed by atoms with Crippen LogP contribution in [0, 0.1) is 23.3 Å². The summed E-state index contributed by atoms with van der Waals surface area (Å²) in [5, 5.41) is 3.26. The highest BCUT2D eigenvalue weighted by Crippen LogP contribution is 2.33. The number of fused-ring (bicyclic) bond motifs is 2. The fourth-order valence-corrected chi connectivity index (χ4v) is 10.7. The number of carbonyl (C=O) groups excluding carboxylic acids is 2. The number of hydrogen-bond donors (Lipinski definition) is 1. The highest BCUT2D eigenvalue weighted by molar-refractivity contribution is 6.02. The van der Waals surface area contributed by atoms with E-state index in [9.17, 15) is 27.2 Å². The molecule has 0 atom stereocenters. The van der Waals surface area contributed by atoms with Crippen molar-refractivity contribution < 1.29 is 36.6 Å². The molecular weight excluding hydrogens is 1020 g/mol. The van der Waals surface area contributed by atoms with Gasteiger partial charge in [-0.05, 0) is 114 Å². The van der Waals surface area contributed by atoms with Crippen LogP contribution in [0.1, 0.15) is 86.2 Å². The first-order valence-corrected chi connectivity index (χ1v) is 27.8. The molecule has 10 rings (SSSR count). The number of nitrogens with zero attached hydrogens (tertiary/aromatic N) is 11. The summed E-state index contributed by atoms with van der Waals surface area (Å²) in [6.45, 7) is 24.8. The van der Waals surface area contributed by atoms with Gasteiger partial charge >= 0.3 is 0 Å². The van der Waals surface area contributed by atoms with E-state index in [0.29, 0.717) is 147 Å². The molecule has 1 N–H and O–H groups in total. The Bertz CT molecular complexity index is 3040. The second-order valence-corrected chi connectivity index (χ2v) is 21.6. The van der Waals surface area contributed by atoms with Gasteiger partial charge in [-0.2, -0.15) is 0 Å². The first-order chi connectivity index (χ1) is 38.1. The van der Waals surface area contributed by atoms with Crippen molar-refractivity contribution in [3.05, 3.63) is 119 Å². The van der Waals surface area contributed by atoms with Crippen LogP contribution in [0.4, 0.5) is 40.6 Å². The molecule has 4 fully saturated rings. The Balaban J connectivity index is 0.000000192. The zero-order chi connectivity index (χ0) is 55.7. The molecule has 4 aliphatic rings. The third kappa shape index (κ3) is 14.4. The Labute approximate surface area is 460 Å². The number of rotatable bonds is 13. The molecule has 6 heterocycles. The Morgan fingerprint density at radius 3 is 1.48 bits per heavy atom. The van der Waals surface area contributed by atoms with Crippen molar-refractivity contribution in [3.63, 3.8) is 0 Å². The van der Waals surface area contributed by atoms with Crippen LogP contribution in [0.5, 0.6) is 0 Å². The minimum Gasteiger partial charge on any atom is -0.379 e. The number of nitrogens with one attached hydrogen (secondary N) is 1. The molecule has 0 radical (unpaired) electrons. The molecular formula is C59H74F4N12O4. The first-order valence-electron chi connectivity index (χ1n) is 27.8. The fourth-order valence-electron chi connectivity index (χ4n) is 10.7. The molecule has 4 saturated heterocycles. The van der Waals surface area contributed by atoms with Crippen LogP contribution in [-0.4, -0.2) is 174 Å². The average molecular weight is 1090 g/mol. The summed E-state index contributed by atoms with van der Waals surface area (Å²) < 4.78 is 66.8. The van der Waals surface area contributed by atoms with Gasteiger partial charge in [0.15, 0.2) is 0 Å². The molecule has 4 aromatic carbocycles. The molecule has 0 bridgehead atoms. The maximum absolute atomic E-state index is 14.1. The molecule has 2 aromatic heterocycles. The van der Waals surface area contributed by atoms with Crippen LogP contribution in [0.2, 0.25) is 0 Å². The molecule has 0 saturated carbocycles. The lowest BCUT2D eigenvalue weighted by atomic mass is 10.1. The summed E-state index contributed by atoms with van der Waals surface area (Å²) in [4.78, 5) is 61.7. The van der Waals surface area contributed by atoms with Gasteiger partial charge < -0.3 is 39.3 Å². The number of hydrogen-bond acceptors (Lipinski definition) is 14. The van der Waals surface area contributed by atoms with E-state index in [1.165, 1.54) is 24.3 Å². The average Bonchev–Trinajstić information content (AvgIpc) is 4.00. The minimum atomic E-state index is -0.637. The van der Waals surface area contributed by atoms with Crippen molar-refractivity contribution in [2.45, 2.75) is 85.6 Å². The fraction of sp³-hybridized carbons (Fsp3) is 0.492. The lowest BCUT2D eigenvalue weighted by molar-refractivity contribution is 0.0752. The monoisotopic (exact) mass is 1090 g/mol. The second kappa shape index (κ2) is 26.0. The molecule has 422 valence electrons. The van der Waals surface area contributed by atoms with Gasteiger partial charge in [-0.1, -0.05) is 0 Å². The summed E-state index contributed by atoms with van der Waals surface area (Å²) in [5.74, 6) is -1.16. The van der Waals surface area contributed by atoms with Crippen LogP contribution in [0.3, 0.4) is 0 Å². The quantitative estimate of drug-likeness (QED) is 0.110. The van der Waals surface area contributed by atoms with Gasteiger partial charge in [0.05, 0.1) is 61.2 Å². The third-order valence-electron chi connectivity index (χ3n) is 15.1. The van der Waals surface area contributed by atoms with Gasteiger partial charge in [0.1, 0.15) is 45.9 Å². The Kier molecular flexibility index (Phi) is 18.8. The predicted octanol–water partition coefficient (Wildman–Crippen LogP) is 8.63. The Morgan fingerprint density at radius 1 is 0.544 bits per heavy atom. The molecule has 4 aliphatic heterocycles. The number of anilines is 4. The van der Waals surface area contributed by atoms with Crippen LogP contribution in [0.15, 0.2) is 73.1 Å². The maximum atomic E-state index is 14.1. The van der Waals surface area contributed by atoms with Crippen LogP contribution >= 0.6 is 0 Å². The molecule has 0 unspecified atom stereocenters. The SMILES string of the molecule is CC(C)N1CCCN(C(=O)c2cc(N(Cc3cc(F)cc(F)c3)C(C)C)c3nc(N4CCOCC4)cnc3c2)CC1.CC(C)N1CCCN(C(=O)c2cc(NCc3cc(F)cc(F)c3)c3nc(N4CCOCC4)cnc3c2)CC1. The molecule has 20 heteroatoms. The van der Waals surface area contributed by atoms with Gasteiger partial charge in [-0.25, -0.2) is 27.5 Å². The summed E-state index contributed by atoms with van der Waals surface area (Å²) in [6, 6.07) is 15.1. The summed E-state index contributed by atoms with van der Waals surface area (Å²) in [5.41, 5.74) is 5.75. The smallest absolute Gasteiger partial charge is 0.254 e. The molecule has 2 amide bonds. The Hall–Kier alpha value is -6.74. The number of ether oxygens (including phenoxy) is 2. The van der Waals surface area contributed by atoms with Gasteiger partial charge in [0.25, 0.3) is 11.8 Å². The van der Waals surface area contributed by atoms with Crippen molar-refractivity contribution in [2.24, 2.45) is 0 Å². The Morgan fingerprint density at radius 2 is 1.00 bits per heavy atom. The maximum Gasteiger partial charge on any atom is 0.254 e. The zero-order valence-corrected chi connectivity index (χ0v) is 46.4. The summed E-state index contributed by atoms with van der Waals surface area (Å²) >= 11 is 0. The van der Waals surface area contributed by atoms with E-state index in [-0.39, 0.29) is 30.9 Å². The lowest BCUT2D eigenvalue weighted by Gasteiger charge is -2.32. The number of aromatic nitrogens is 4. The largest absolute Gasteiger partial charge is 0.379 e. The van der Waals surface area contributed by atoms with E-state index in [1.54, 1.807) is 24.5 Å². The highest BCUT2D eigenvalue weighted by atomic mass is 19.1. The highest BCUT2D eigenvalue weighted by Gasteiger charge is 2.28. The normalized spacial score (nSPS) is 17.1. The van der Waals surface area contributed by atoms with Crippen molar-refractivity contribution in [1.82, 2.24) is 39.5 Å². The van der Waals surface area contributed by atoms with E-state index in [0.717, 1.165) is 62.8 Å². The van der Waals surface area contributed by atoms with Crippen molar-refractivity contribution in [3.8, 4) is 0 Å². The first kappa shape index (κ1) is 57.0. The molecule has 79 heavy (non-hydrogen) atoms. The third-order valence-corrected chi connectivity index (χ3v) is 15.1. The van der Waals surface area contributed by atoms with E-state index >= 15 is 0 Å². The molecule has 6 aromatic rings. The van der Waals surface area contributed by atoms with Crippen LogP contribution < -0.4 is 20.0 Å². The van der Waals surface area contributed by atoms with E-state index in [2.05, 4.69) is 57.6 Å². The van der Waals surface area contributed by atoms with E-state index in [4.69, 9.17) is 24.4 Å². The van der Waals surface area contributed by atoms with Gasteiger partial charge in [-0.3, -0.25) is 29.4 Å². The summed E-state index contributed by atoms with van der Waals surface area (Å²) in [6.07, 6.45) is 5.30. The number of morpholine rings is 2. The van der Waals surface area contributed by atoms with Gasteiger partial charge in [0.2, 0.25) is 0 Å². The molecule has 16 nitrogen and oxygen atoms in total. The number of amides is 2. The van der Waals surface area contributed by atoms with Crippen molar-refractivity contribution in [1.29, 1.82) is 0 Å². The lowest BCUT2D eigenvalue weighted by Crippen LogP contribution is -2.37. The number of benzene rings is 4. The predicted molar refractivity (Wildman–Crippen MR) is 301 cm³/mol. The molecule has 0 aliphatic carbocycles. The summed E-state index contributed by atoms with van der Waals surface area (Å²) in [7, 11) is 0. The van der Waals surface area contributed by atoms with Crippen molar-refractivity contribution in [2.75, 3.05) is 125 Å². The second-order valence-electron chi connectivity index (χ2n) is 21.6. The zero-order valence-electron chi connectivity index (χ0n) is 46.4. The number of halogens is 4. The standard InChI is InChI=1S/C31H40F2N6O2.C28H34F2N6O2/c1-21(2)36-6-5-7-38(9-8-36)31(40)24-16-27-30(35-29(19-34-27)37-10-12-41-13-11-37)28(17-24)39(22(3)4)20-23-14-25(32)18-26(33)15-23;1-19(2)34-4-3-5-36(7-6-34)28(37)21-14-24(31-17-20-12-22(29)16-23(30)13-20)27-25(15-21)32-18-26(33-27)35-8-10-38-11-9-35/h14-19,21-22H,5-13,20H2,1-4H3;12-16,18-19,31H,3-11,17H2,1-2H3. The van der Waals surface area contributed by atoms with E-state index < -0.39 is 23.3 Å². The topological polar surface area (TPSA) is 139 Å². The minimum absolute atomic E-state index is 0.0432. The van der Waals surface area contributed by atoms with Crippen LogP contribution in [-0.2, 0) is 22.6 Å². The molecule has 0 spiro atoms. The van der Waals surface area contributed by atoms with Crippen molar-refractivity contribution >= 4 is 56.9 Å². The number of carbonyl (C=O) groups is 2. The van der Waals surface area contributed by atoms with Crippen LogP contribution in [0.25, 0.3) is 22.1 Å².